The lowest BCUT2D eigenvalue weighted by Gasteiger charge is -2.06. The van der Waals surface area contributed by atoms with Crippen molar-refractivity contribution in [2.45, 2.75) is 11.1 Å². The van der Waals surface area contributed by atoms with E-state index in [1.54, 1.807) is 12.3 Å². The first kappa shape index (κ1) is 10.8. The Bertz CT molecular complexity index is 255. The molecule has 0 aliphatic heterocycles. The van der Waals surface area contributed by atoms with Crippen molar-refractivity contribution in [3.63, 3.8) is 0 Å². The molecule has 0 fully saturated rings. The molecule has 0 saturated heterocycles. The molecule has 0 aliphatic carbocycles. The molecule has 0 amide bonds. The normalized spacial score (nSPS) is 12.8. The Labute approximate surface area is 86.3 Å². The Morgan fingerprint density at radius 2 is 2.38 bits per heavy atom. The second-order valence-corrected chi connectivity index (χ2v) is 4.05. The highest BCUT2D eigenvalue weighted by Crippen LogP contribution is 2.17. The van der Waals surface area contributed by atoms with Crippen LogP contribution in [0.15, 0.2) is 23.4 Å². The van der Waals surface area contributed by atoms with Crippen molar-refractivity contribution in [2.75, 3.05) is 12.4 Å². The number of nitrogens with zero attached hydrogens (tertiary/aromatic N) is 1. The maximum atomic E-state index is 8.68. The van der Waals surface area contributed by atoms with Gasteiger partial charge in [0.15, 0.2) is 0 Å². The van der Waals surface area contributed by atoms with Gasteiger partial charge in [-0.1, -0.05) is 11.6 Å². The lowest BCUT2D eigenvalue weighted by molar-refractivity contribution is 0.275. The first-order chi connectivity index (χ1) is 6.22. The highest BCUT2D eigenvalue weighted by atomic mass is 35.5. The van der Waals surface area contributed by atoms with Crippen molar-refractivity contribution in [1.29, 1.82) is 0 Å². The number of rotatable bonds is 4. The molecule has 3 nitrogen and oxygen atoms in total. The minimum atomic E-state index is -0.192. The predicted octanol–water partition coefficient (Wildman–Crippen LogP) is 1.15. The van der Waals surface area contributed by atoms with Crippen LogP contribution in [0.3, 0.4) is 0 Å². The fraction of sp³-hybridized carbons (Fsp3) is 0.375. The number of aromatic nitrogens is 1. The van der Waals surface area contributed by atoms with Crippen LogP contribution in [0.4, 0.5) is 0 Å². The quantitative estimate of drug-likeness (QED) is 0.745. The fourth-order valence-corrected chi connectivity index (χ4v) is 1.59. The summed E-state index contributed by atoms with van der Waals surface area (Å²) in [5.74, 6) is 0.658. The second-order valence-electron chi connectivity index (χ2n) is 2.57. The number of hydrogen-bond donors (Lipinski definition) is 2. The van der Waals surface area contributed by atoms with Gasteiger partial charge in [0.2, 0.25) is 0 Å². The van der Waals surface area contributed by atoms with Gasteiger partial charge >= 0.3 is 0 Å². The molecule has 0 aliphatic rings. The summed E-state index contributed by atoms with van der Waals surface area (Å²) in [5, 5.41) is 10.2. The number of halogens is 1. The van der Waals surface area contributed by atoms with E-state index in [-0.39, 0.29) is 12.6 Å². The van der Waals surface area contributed by atoms with Gasteiger partial charge < -0.3 is 10.8 Å². The molecular weight excluding hydrogens is 208 g/mol. The fourth-order valence-electron chi connectivity index (χ4n) is 0.693. The van der Waals surface area contributed by atoms with E-state index >= 15 is 0 Å². The molecule has 3 N–H and O–H groups in total. The van der Waals surface area contributed by atoms with Crippen LogP contribution in [0.1, 0.15) is 0 Å². The van der Waals surface area contributed by atoms with Crippen LogP contribution >= 0.6 is 23.4 Å². The smallest absolute Gasteiger partial charge is 0.0961 e. The van der Waals surface area contributed by atoms with E-state index in [0.29, 0.717) is 10.8 Å². The Morgan fingerprint density at radius 1 is 1.62 bits per heavy atom. The number of nitrogens with two attached hydrogens (primary N) is 1. The van der Waals surface area contributed by atoms with Crippen LogP contribution in [-0.4, -0.2) is 28.5 Å². The average molecular weight is 219 g/mol. The number of hydrogen-bond acceptors (Lipinski definition) is 4. The minimum absolute atomic E-state index is 0.000585. The first-order valence-electron chi connectivity index (χ1n) is 3.83. The zero-order valence-corrected chi connectivity index (χ0v) is 8.55. The molecule has 1 unspecified atom stereocenters. The zero-order valence-electron chi connectivity index (χ0n) is 6.98. The molecule has 1 rings (SSSR count). The maximum absolute atomic E-state index is 8.68. The molecule has 1 aromatic rings. The molecule has 1 heterocycles. The van der Waals surface area contributed by atoms with Crippen LogP contribution in [-0.2, 0) is 0 Å². The Kier molecular flexibility index (Phi) is 4.52. The van der Waals surface area contributed by atoms with E-state index in [2.05, 4.69) is 4.98 Å². The van der Waals surface area contributed by atoms with Crippen LogP contribution < -0.4 is 5.73 Å². The van der Waals surface area contributed by atoms with Gasteiger partial charge in [-0.05, 0) is 12.1 Å². The molecule has 72 valence electrons. The summed E-state index contributed by atoms with van der Waals surface area (Å²) in [6, 6.07) is 3.42. The molecule has 0 saturated carbocycles. The molecule has 0 aromatic carbocycles. The van der Waals surface area contributed by atoms with E-state index < -0.39 is 0 Å². The lowest BCUT2D eigenvalue weighted by atomic mass is 10.4. The largest absolute Gasteiger partial charge is 0.395 e. The van der Waals surface area contributed by atoms with Gasteiger partial charge in [0.1, 0.15) is 0 Å². The summed E-state index contributed by atoms with van der Waals surface area (Å²) in [6.45, 7) is 0.000585. The van der Waals surface area contributed by atoms with Crippen molar-refractivity contribution >= 4 is 23.4 Å². The van der Waals surface area contributed by atoms with E-state index in [1.807, 2.05) is 6.07 Å². The van der Waals surface area contributed by atoms with Crippen molar-refractivity contribution < 1.29 is 5.11 Å². The third-order valence-electron chi connectivity index (χ3n) is 1.38. The summed E-state index contributed by atoms with van der Waals surface area (Å²) >= 11 is 7.17. The van der Waals surface area contributed by atoms with Crippen molar-refractivity contribution in [2.24, 2.45) is 5.73 Å². The van der Waals surface area contributed by atoms with Crippen molar-refractivity contribution in [3.8, 4) is 0 Å². The third-order valence-corrected chi connectivity index (χ3v) is 2.74. The van der Waals surface area contributed by atoms with Crippen LogP contribution in [0.5, 0.6) is 0 Å². The topological polar surface area (TPSA) is 59.1 Å². The predicted molar refractivity (Wildman–Crippen MR) is 55.0 cm³/mol. The van der Waals surface area contributed by atoms with E-state index in [4.69, 9.17) is 22.4 Å². The molecule has 0 bridgehead atoms. The van der Waals surface area contributed by atoms with Gasteiger partial charge in [0, 0.05) is 18.0 Å². The Balaban J connectivity index is 2.41. The molecule has 5 heteroatoms. The molecule has 0 radical (unpaired) electrons. The molecular formula is C8H11ClN2OS. The molecule has 1 atom stereocenters. The first-order valence-corrected chi connectivity index (χ1v) is 5.19. The summed E-state index contributed by atoms with van der Waals surface area (Å²) in [6.07, 6.45) is 1.59. The van der Waals surface area contributed by atoms with Crippen LogP contribution in [0.2, 0.25) is 5.02 Å². The summed E-state index contributed by atoms with van der Waals surface area (Å²) in [5.41, 5.74) is 5.53. The van der Waals surface area contributed by atoms with E-state index in [9.17, 15) is 0 Å². The van der Waals surface area contributed by atoms with Gasteiger partial charge in [0.05, 0.1) is 16.7 Å². The van der Waals surface area contributed by atoms with E-state index in [1.165, 1.54) is 11.8 Å². The minimum Gasteiger partial charge on any atom is -0.395 e. The second kappa shape index (κ2) is 5.44. The monoisotopic (exact) mass is 218 g/mol. The number of pyridine rings is 1. The van der Waals surface area contributed by atoms with Gasteiger partial charge in [0.25, 0.3) is 0 Å². The Hall–Kier alpha value is -0.290. The molecule has 0 spiro atoms. The average Bonchev–Trinajstić information content (AvgIpc) is 2.16. The SMILES string of the molecule is NC(CO)CSc1ccc(Cl)cn1. The van der Waals surface area contributed by atoms with Gasteiger partial charge in [-0.3, -0.25) is 0 Å². The maximum Gasteiger partial charge on any atom is 0.0961 e. The highest BCUT2D eigenvalue weighted by Gasteiger charge is 2.02. The lowest BCUT2D eigenvalue weighted by Crippen LogP contribution is -2.26. The summed E-state index contributed by atoms with van der Waals surface area (Å²) < 4.78 is 0. The highest BCUT2D eigenvalue weighted by molar-refractivity contribution is 7.99. The standard InChI is InChI=1S/C8H11ClN2OS/c9-6-1-2-8(11-3-6)13-5-7(10)4-12/h1-3,7,12H,4-5,10H2. The molecule has 1 aromatic heterocycles. The van der Waals surface area contributed by atoms with Crippen LogP contribution in [0, 0.1) is 0 Å². The van der Waals surface area contributed by atoms with Gasteiger partial charge in [-0.25, -0.2) is 4.98 Å². The number of aliphatic hydroxyl groups excluding tert-OH is 1. The third kappa shape index (κ3) is 3.95. The van der Waals surface area contributed by atoms with Crippen LogP contribution in [0.25, 0.3) is 0 Å². The number of thioether (sulfide) groups is 1. The summed E-state index contributed by atoms with van der Waals surface area (Å²) in [4.78, 5) is 4.08. The van der Waals surface area contributed by atoms with E-state index in [0.717, 1.165) is 5.03 Å². The van der Waals surface area contributed by atoms with Gasteiger partial charge in [-0.15, -0.1) is 11.8 Å². The van der Waals surface area contributed by atoms with Crippen molar-refractivity contribution in [3.05, 3.63) is 23.4 Å². The van der Waals surface area contributed by atoms with Crippen molar-refractivity contribution in [1.82, 2.24) is 4.98 Å². The van der Waals surface area contributed by atoms with Gasteiger partial charge in [-0.2, -0.15) is 0 Å². The zero-order chi connectivity index (χ0) is 9.68. The molecule has 13 heavy (non-hydrogen) atoms. The number of aliphatic hydroxyl groups is 1. The Morgan fingerprint density at radius 3 is 2.92 bits per heavy atom. The summed E-state index contributed by atoms with van der Waals surface area (Å²) in [7, 11) is 0.